The van der Waals surface area contributed by atoms with Gasteiger partial charge in [-0.1, -0.05) is 80.4 Å². The van der Waals surface area contributed by atoms with Crippen LogP contribution in [0.15, 0.2) is 93.9 Å². The molecule has 0 saturated heterocycles. The van der Waals surface area contributed by atoms with Gasteiger partial charge in [0.15, 0.2) is 0 Å². The van der Waals surface area contributed by atoms with Crippen molar-refractivity contribution in [3.63, 3.8) is 0 Å². The molecule has 0 spiro atoms. The zero-order chi connectivity index (χ0) is 18.6. The van der Waals surface area contributed by atoms with Gasteiger partial charge in [0.2, 0.25) is 0 Å². The number of nitrogens with zero attached hydrogens (tertiary/aromatic N) is 2. The molecule has 132 valence electrons. The minimum absolute atomic E-state index is 0.916. The van der Waals surface area contributed by atoms with Gasteiger partial charge in [-0.15, -0.1) is 0 Å². The van der Waals surface area contributed by atoms with E-state index in [2.05, 4.69) is 92.5 Å². The molecule has 4 heteroatoms. The Kier molecular flexibility index (Phi) is 5.37. The number of hydrogen-bond donors (Lipinski definition) is 0. The number of hydrogen-bond acceptors (Lipinski definition) is 1. The summed E-state index contributed by atoms with van der Waals surface area (Å²) in [5, 5.41) is 4.82. The van der Waals surface area contributed by atoms with E-state index >= 15 is 0 Å². The molecule has 0 unspecified atom stereocenters. The van der Waals surface area contributed by atoms with Gasteiger partial charge < -0.3 is 0 Å². The Bertz CT molecular complexity index is 1060. The molecule has 4 aromatic rings. The smallest absolute Gasteiger partial charge is 0.0862 e. The molecule has 0 amide bonds. The summed E-state index contributed by atoms with van der Waals surface area (Å²) in [5.74, 6) is 0. The summed E-state index contributed by atoms with van der Waals surface area (Å²) in [4.78, 5) is 0. The number of halogens is 2. The Morgan fingerprint density at radius 3 is 2.00 bits per heavy atom. The lowest BCUT2D eigenvalue weighted by Gasteiger charge is -2.07. The lowest BCUT2D eigenvalue weighted by Crippen LogP contribution is -1.98. The lowest BCUT2D eigenvalue weighted by molar-refractivity contribution is 0.883. The fraction of sp³-hybridized carbons (Fsp3) is 0. The van der Waals surface area contributed by atoms with E-state index in [1.54, 1.807) is 0 Å². The lowest BCUT2D eigenvalue weighted by atomic mass is 10.1. The fourth-order valence-electron chi connectivity index (χ4n) is 2.83. The summed E-state index contributed by atoms with van der Waals surface area (Å²) in [5.41, 5.74) is 5.28. The minimum atomic E-state index is 0.916. The number of aromatic nitrogens is 2. The molecule has 0 aliphatic rings. The van der Waals surface area contributed by atoms with Gasteiger partial charge in [-0.3, -0.25) is 0 Å². The predicted molar refractivity (Wildman–Crippen MR) is 120 cm³/mol. The Labute approximate surface area is 175 Å². The van der Waals surface area contributed by atoms with Gasteiger partial charge in [0.05, 0.1) is 17.1 Å². The molecule has 1 aromatic heterocycles. The van der Waals surface area contributed by atoms with Crippen LogP contribution in [0.25, 0.3) is 29.1 Å². The molecule has 0 aliphatic heterocycles. The fourth-order valence-corrected chi connectivity index (χ4v) is 3.36. The molecule has 4 rings (SSSR count). The Hall–Kier alpha value is -2.43. The van der Waals surface area contributed by atoms with E-state index in [0.717, 1.165) is 37.1 Å². The average Bonchev–Trinajstić information content (AvgIpc) is 3.13. The highest BCUT2D eigenvalue weighted by Crippen LogP contribution is 2.26. The maximum absolute atomic E-state index is 4.82. The van der Waals surface area contributed by atoms with Crippen LogP contribution in [0, 0.1) is 0 Å². The zero-order valence-electron chi connectivity index (χ0n) is 14.4. The first-order valence-electron chi connectivity index (χ1n) is 8.54. The molecule has 2 nitrogen and oxygen atoms in total. The van der Waals surface area contributed by atoms with Gasteiger partial charge in [0.25, 0.3) is 0 Å². The van der Waals surface area contributed by atoms with Crippen LogP contribution in [-0.4, -0.2) is 9.78 Å². The van der Waals surface area contributed by atoms with Gasteiger partial charge in [-0.25, -0.2) is 4.68 Å². The van der Waals surface area contributed by atoms with Crippen molar-refractivity contribution in [3.8, 4) is 16.9 Å². The third kappa shape index (κ3) is 4.29. The molecule has 0 radical (unpaired) electrons. The second-order valence-electron chi connectivity index (χ2n) is 6.09. The second kappa shape index (κ2) is 8.07. The molecule has 3 aromatic carbocycles. The molecule has 0 bridgehead atoms. The van der Waals surface area contributed by atoms with Crippen molar-refractivity contribution in [2.24, 2.45) is 0 Å². The third-order valence-electron chi connectivity index (χ3n) is 4.19. The summed E-state index contributed by atoms with van der Waals surface area (Å²) in [6, 6.07) is 28.8. The number of benzene rings is 3. The maximum atomic E-state index is 4.82. The second-order valence-corrected chi connectivity index (χ2v) is 7.92. The Morgan fingerprint density at radius 2 is 1.33 bits per heavy atom. The first-order valence-corrected chi connectivity index (χ1v) is 10.1. The van der Waals surface area contributed by atoms with E-state index in [1.165, 1.54) is 0 Å². The van der Waals surface area contributed by atoms with E-state index in [9.17, 15) is 0 Å². The van der Waals surface area contributed by atoms with Crippen molar-refractivity contribution < 1.29 is 0 Å². The molecule has 0 N–H and O–H groups in total. The molecule has 0 fully saturated rings. The number of para-hydroxylation sites is 1. The third-order valence-corrected chi connectivity index (χ3v) is 5.24. The highest BCUT2D eigenvalue weighted by atomic mass is 79.9. The van der Waals surface area contributed by atoms with Crippen molar-refractivity contribution in [1.29, 1.82) is 0 Å². The highest BCUT2D eigenvalue weighted by Gasteiger charge is 2.10. The molecule has 0 saturated carbocycles. The van der Waals surface area contributed by atoms with Gasteiger partial charge in [-0.05, 0) is 54.1 Å². The largest absolute Gasteiger partial charge is 0.233 e. The summed E-state index contributed by atoms with van der Waals surface area (Å²) in [7, 11) is 0. The van der Waals surface area contributed by atoms with E-state index in [4.69, 9.17) is 5.10 Å². The van der Waals surface area contributed by atoms with Crippen molar-refractivity contribution in [2.75, 3.05) is 0 Å². The molecule has 27 heavy (non-hydrogen) atoms. The van der Waals surface area contributed by atoms with Crippen LogP contribution in [0.3, 0.4) is 0 Å². The standard InChI is InChI=1S/C23H16Br2N2/c24-19-11-6-17(7-12-19)8-15-21-16-23(18-9-13-20(25)14-10-18)27(26-21)22-4-2-1-3-5-22/h1-16H. The molecule has 1 heterocycles. The van der Waals surface area contributed by atoms with Crippen molar-refractivity contribution in [1.82, 2.24) is 9.78 Å². The van der Waals surface area contributed by atoms with Crippen LogP contribution in [0.1, 0.15) is 11.3 Å². The molecular weight excluding hydrogens is 464 g/mol. The topological polar surface area (TPSA) is 17.8 Å². The van der Waals surface area contributed by atoms with Crippen LogP contribution in [0.4, 0.5) is 0 Å². The summed E-state index contributed by atoms with van der Waals surface area (Å²) in [6.45, 7) is 0. The zero-order valence-corrected chi connectivity index (χ0v) is 17.6. The van der Waals surface area contributed by atoms with E-state index < -0.39 is 0 Å². The van der Waals surface area contributed by atoms with Crippen LogP contribution in [0.2, 0.25) is 0 Å². The Morgan fingerprint density at radius 1 is 0.704 bits per heavy atom. The summed E-state index contributed by atoms with van der Waals surface area (Å²) >= 11 is 6.97. The predicted octanol–water partition coefficient (Wildman–Crippen LogP) is 7.23. The summed E-state index contributed by atoms with van der Waals surface area (Å²) in [6.07, 6.45) is 4.13. The molecule has 0 aliphatic carbocycles. The van der Waals surface area contributed by atoms with E-state index in [1.807, 2.05) is 41.1 Å². The van der Waals surface area contributed by atoms with Gasteiger partial charge in [0, 0.05) is 14.5 Å². The number of rotatable bonds is 4. The summed E-state index contributed by atoms with van der Waals surface area (Å²) < 4.78 is 4.13. The van der Waals surface area contributed by atoms with Crippen LogP contribution in [-0.2, 0) is 0 Å². The van der Waals surface area contributed by atoms with Crippen LogP contribution >= 0.6 is 31.9 Å². The monoisotopic (exact) mass is 478 g/mol. The van der Waals surface area contributed by atoms with Gasteiger partial charge in [0.1, 0.15) is 0 Å². The SMILES string of the molecule is Brc1ccc(C=Cc2cc(-c3ccc(Br)cc3)n(-c3ccccc3)n2)cc1. The first-order chi connectivity index (χ1) is 13.2. The van der Waals surface area contributed by atoms with Crippen molar-refractivity contribution in [2.45, 2.75) is 0 Å². The highest BCUT2D eigenvalue weighted by molar-refractivity contribution is 9.10. The Balaban J connectivity index is 1.75. The average molecular weight is 480 g/mol. The van der Waals surface area contributed by atoms with Crippen molar-refractivity contribution >= 4 is 44.0 Å². The normalized spacial score (nSPS) is 11.2. The van der Waals surface area contributed by atoms with E-state index in [0.29, 0.717) is 0 Å². The quantitative estimate of drug-likeness (QED) is 0.301. The van der Waals surface area contributed by atoms with Crippen LogP contribution in [0.5, 0.6) is 0 Å². The van der Waals surface area contributed by atoms with Crippen LogP contribution < -0.4 is 0 Å². The molecular formula is C23H16Br2N2. The van der Waals surface area contributed by atoms with E-state index in [-0.39, 0.29) is 0 Å². The maximum Gasteiger partial charge on any atom is 0.0862 e. The van der Waals surface area contributed by atoms with Crippen molar-refractivity contribution in [3.05, 3.63) is 105 Å². The molecule has 0 atom stereocenters. The first kappa shape index (κ1) is 18.0. The van der Waals surface area contributed by atoms with Gasteiger partial charge >= 0.3 is 0 Å². The van der Waals surface area contributed by atoms with Gasteiger partial charge in [-0.2, -0.15) is 5.10 Å². The minimum Gasteiger partial charge on any atom is -0.233 e.